The van der Waals surface area contributed by atoms with Gasteiger partial charge in [0.05, 0.1) is 32.0 Å². The van der Waals surface area contributed by atoms with Crippen LogP contribution in [0.25, 0.3) is 0 Å². The van der Waals surface area contributed by atoms with Gasteiger partial charge in [-0.25, -0.2) is 0 Å². The molecule has 4 nitrogen and oxygen atoms in total. The fraction of sp³-hybridized carbons (Fsp3) is 1.00. The Labute approximate surface area is 128 Å². The quantitative estimate of drug-likeness (QED) is 0.842. The lowest BCUT2D eigenvalue weighted by Gasteiger charge is -2.39. The summed E-state index contributed by atoms with van der Waals surface area (Å²) >= 11 is 0. The molecule has 0 spiro atoms. The average Bonchev–Trinajstić information content (AvgIpc) is 2.79. The van der Waals surface area contributed by atoms with Gasteiger partial charge in [-0.3, -0.25) is 4.90 Å². The van der Waals surface area contributed by atoms with Crippen LogP contribution in [-0.2, 0) is 9.47 Å². The summed E-state index contributed by atoms with van der Waals surface area (Å²) in [7, 11) is 0. The SMILES string of the molecule is CC1(C)[C@H]2CC[C@@]1(C)[C@H](OC[C@H](O)CN1CCOCC1)C2. The standard InChI is InChI=1S/C17H31NO3/c1-16(2)13-4-5-17(16,3)15(10-13)21-12-14(19)11-18-6-8-20-9-7-18/h13-15,19H,4-12H2,1-3H3/t13-,14+,15+,17-/m0/s1. The molecule has 2 aliphatic carbocycles. The number of ether oxygens (including phenoxy) is 2. The summed E-state index contributed by atoms with van der Waals surface area (Å²) in [6, 6.07) is 0. The van der Waals surface area contributed by atoms with Crippen LogP contribution < -0.4 is 0 Å². The Bertz CT molecular complexity index is 367. The van der Waals surface area contributed by atoms with Crippen LogP contribution in [0.3, 0.4) is 0 Å². The predicted molar refractivity (Wildman–Crippen MR) is 82.2 cm³/mol. The van der Waals surface area contributed by atoms with E-state index in [9.17, 15) is 5.11 Å². The van der Waals surface area contributed by atoms with Crippen molar-refractivity contribution in [1.29, 1.82) is 0 Å². The zero-order valence-electron chi connectivity index (χ0n) is 13.8. The summed E-state index contributed by atoms with van der Waals surface area (Å²) in [5, 5.41) is 10.2. The fourth-order valence-electron chi connectivity index (χ4n) is 4.74. The van der Waals surface area contributed by atoms with E-state index in [1.54, 1.807) is 0 Å². The first-order chi connectivity index (χ1) is 9.93. The minimum absolute atomic E-state index is 0.288. The Hall–Kier alpha value is -0.160. The Kier molecular flexibility index (Phi) is 4.34. The zero-order chi connectivity index (χ0) is 15.1. The van der Waals surface area contributed by atoms with Gasteiger partial charge in [0.15, 0.2) is 0 Å². The largest absolute Gasteiger partial charge is 0.389 e. The van der Waals surface area contributed by atoms with Gasteiger partial charge < -0.3 is 14.6 Å². The van der Waals surface area contributed by atoms with E-state index in [1.807, 2.05) is 0 Å². The van der Waals surface area contributed by atoms with Gasteiger partial charge in [0.1, 0.15) is 0 Å². The highest BCUT2D eigenvalue weighted by Crippen LogP contribution is 2.66. The third kappa shape index (κ3) is 2.76. The lowest BCUT2D eigenvalue weighted by atomic mass is 9.70. The molecule has 122 valence electrons. The Balaban J connectivity index is 1.47. The summed E-state index contributed by atoms with van der Waals surface area (Å²) in [4.78, 5) is 2.27. The lowest BCUT2D eigenvalue weighted by Crippen LogP contribution is -2.43. The number of rotatable bonds is 5. The molecule has 1 heterocycles. The highest BCUT2D eigenvalue weighted by Gasteiger charge is 2.61. The summed E-state index contributed by atoms with van der Waals surface area (Å²) in [5.74, 6) is 0.795. The van der Waals surface area contributed by atoms with Crippen LogP contribution in [-0.4, -0.2) is 61.7 Å². The molecule has 3 aliphatic rings. The molecule has 0 unspecified atom stereocenters. The van der Waals surface area contributed by atoms with E-state index in [0.29, 0.717) is 24.7 Å². The molecule has 21 heavy (non-hydrogen) atoms. The van der Waals surface area contributed by atoms with Crippen molar-refractivity contribution in [3.8, 4) is 0 Å². The van der Waals surface area contributed by atoms with Gasteiger partial charge in [0.25, 0.3) is 0 Å². The Morgan fingerprint density at radius 1 is 1.29 bits per heavy atom. The maximum absolute atomic E-state index is 10.2. The summed E-state index contributed by atoms with van der Waals surface area (Å²) in [6.07, 6.45) is 3.74. The number of β-amino-alcohol motifs (C(OH)–C–C–N with tert-alkyl or cyclic N) is 1. The van der Waals surface area contributed by atoms with Crippen molar-refractivity contribution in [3.05, 3.63) is 0 Å². The van der Waals surface area contributed by atoms with E-state index < -0.39 is 0 Å². The molecule has 3 rings (SSSR count). The van der Waals surface area contributed by atoms with Gasteiger partial charge in [-0.2, -0.15) is 0 Å². The van der Waals surface area contributed by atoms with Crippen LogP contribution in [0, 0.1) is 16.7 Å². The fourth-order valence-corrected chi connectivity index (χ4v) is 4.74. The molecule has 0 aromatic carbocycles. The second-order valence-corrected chi connectivity index (χ2v) is 8.00. The first-order valence-electron chi connectivity index (χ1n) is 8.53. The summed E-state index contributed by atoms with van der Waals surface area (Å²) < 4.78 is 11.5. The van der Waals surface area contributed by atoms with E-state index in [1.165, 1.54) is 19.3 Å². The first kappa shape index (κ1) is 15.7. The van der Waals surface area contributed by atoms with Crippen molar-refractivity contribution >= 4 is 0 Å². The lowest BCUT2D eigenvalue weighted by molar-refractivity contribution is -0.0831. The van der Waals surface area contributed by atoms with Gasteiger partial charge in [0.2, 0.25) is 0 Å². The molecular weight excluding hydrogens is 266 g/mol. The highest BCUT2D eigenvalue weighted by atomic mass is 16.5. The zero-order valence-corrected chi connectivity index (χ0v) is 13.8. The smallest absolute Gasteiger partial charge is 0.0900 e. The number of aliphatic hydroxyl groups excluding tert-OH is 1. The molecule has 1 saturated heterocycles. The molecule has 3 fully saturated rings. The van der Waals surface area contributed by atoms with Gasteiger partial charge in [-0.15, -0.1) is 0 Å². The molecule has 0 radical (unpaired) electrons. The third-order valence-corrected chi connectivity index (χ3v) is 6.78. The van der Waals surface area contributed by atoms with Crippen LogP contribution in [0.15, 0.2) is 0 Å². The van der Waals surface area contributed by atoms with Gasteiger partial charge >= 0.3 is 0 Å². The van der Waals surface area contributed by atoms with E-state index in [4.69, 9.17) is 9.47 Å². The number of morpholine rings is 1. The Morgan fingerprint density at radius 2 is 2.00 bits per heavy atom. The highest BCUT2D eigenvalue weighted by molar-refractivity contribution is 5.11. The molecule has 4 atom stereocenters. The maximum atomic E-state index is 10.2. The molecule has 2 saturated carbocycles. The van der Waals surface area contributed by atoms with E-state index >= 15 is 0 Å². The van der Waals surface area contributed by atoms with Crippen molar-refractivity contribution in [1.82, 2.24) is 4.90 Å². The number of hydrogen-bond donors (Lipinski definition) is 1. The molecule has 2 bridgehead atoms. The van der Waals surface area contributed by atoms with Crippen LogP contribution in [0.4, 0.5) is 0 Å². The van der Waals surface area contributed by atoms with Gasteiger partial charge in [-0.05, 0) is 36.0 Å². The molecular formula is C17H31NO3. The second-order valence-electron chi connectivity index (χ2n) is 8.00. The predicted octanol–water partition coefficient (Wildman–Crippen LogP) is 1.91. The molecule has 0 aromatic heterocycles. The van der Waals surface area contributed by atoms with E-state index in [-0.39, 0.29) is 11.5 Å². The van der Waals surface area contributed by atoms with E-state index in [2.05, 4.69) is 25.7 Å². The maximum Gasteiger partial charge on any atom is 0.0900 e. The number of hydrogen-bond acceptors (Lipinski definition) is 4. The van der Waals surface area contributed by atoms with E-state index in [0.717, 1.165) is 32.2 Å². The molecule has 0 amide bonds. The van der Waals surface area contributed by atoms with Crippen molar-refractivity contribution < 1.29 is 14.6 Å². The average molecular weight is 297 g/mol. The Morgan fingerprint density at radius 3 is 2.57 bits per heavy atom. The van der Waals surface area contributed by atoms with Crippen LogP contribution in [0.5, 0.6) is 0 Å². The van der Waals surface area contributed by atoms with Gasteiger partial charge in [-0.1, -0.05) is 20.8 Å². The third-order valence-electron chi connectivity index (χ3n) is 6.78. The molecule has 1 N–H and O–H groups in total. The number of fused-ring (bicyclic) bond motifs is 2. The van der Waals surface area contributed by atoms with Crippen LogP contribution in [0.1, 0.15) is 40.0 Å². The summed E-state index contributed by atoms with van der Waals surface area (Å²) in [5.41, 5.74) is 0.670. The van der Waals surface area contributed by atoms with Crippen LogP contribution >= 0.6 is 0 Å². The second kappa shape index (κ2) is 5.80. The van der Waals surface area contributed by atoms with Crippen molar-refractivity contribution in [2.24, 2.45) is 16.7 Å². The summed E-state index contributed by atoms with van der Waals surface area (Å²) in [6.45, 7) is 11.8. The van der Waals surface area contributed by atoms with Crippen molar-refractivity contribution in [2.45, 2.75) is 52.2 Å². The number of nitrogens with zero attached hydrogens (tertiary/aromatic N) is 1. The topological polar surface area (TPSA) is 41.9 Å². The molecule has 1 aliphatic heterocycles. The normalized spacial score (nSPS) is 40.6. The first-order valence-corrected chi connectivity index (χ1v) is 8.53. The molecule has 4 heteroatoms. The number of aliphatic hydroxyl groups is 1. The van der Waals surface area contributed by atoms with Crippen molar-refractivity contribution in [2.75, 3.05) is 39.5 Å². The van der Waals surface area contributed by atoms with Crippen molar-refractivity contribution in [3.63, 3.8) is 0 Å². The minimum Gasteiger partial charge on any atom is -0.389 e. The van der Waals surface area contributed by atoms with Gasteiger partial charge in [0, 0.05) is 19.6 Å². The molecule has 0 aromatic rings. The van der Waals surface area contributed by atoms with Crippen LogP contribution in [0.2, 0.25) is 0 Å². The minimum atomic E-state index is -0.381. The monoisotopic (exact) mass is 297 g/mol.